The maximum Gasteiger partial charge on any atom is 0.306 e. The molecular formula is C47H78O12S. The number of esters is 2. The molecule has 0 aromatic rings. The lowest BCUT2D eigenvalue weighted by atomic mass is 10.00. The quantitative estimate of drug-likeness (QED) is 0.0203. The van der Waals surface area contributed by atoms with Gasteiger partial charge in [0, 0.05) is 12.8 Å². The lowest BCUT2D eigenvalue weighted by molar-refractivity contribution is -0.297. The van der Waals surface area contributed by atoms with E-state index < -0.39 is 71.2 Å². The third kappa shape index (κ3) is 31.0. The normalized spacial score (nSPS) is 20.8. The molecule has 13 heteroatoms. The summed E-state index contributed by atoms with van der Waals surface area (Å²) < 4.78 is 54.0. The molecule has 12 nitrogen and oxygen atoms in total. The Morgan fingerprint density at radius 2 is 1.05 bits per heavy atom. The van der Waals surface area contributed by atoms with E-state index in [0.717, 1.165) is 96.3 Å². The molecule has 0 aromatic heterocycles. The molecule has 60 heavy (non-hydrogen) atoms. The summed E-state index contributed by atoms with van der Waals surface area (Å²) in [7, 11) is -4.61. The van der Waals surface area contributed by atoms with Gasteiger partial charge in [0.15, 0.2) is 12.4 Å². The molecule has 4 N–H and O–H groups in total. The van der Waals surface area contributed by atoms with Gasteiger partial charge in [-0.2, -0.15) is 8.42 Å². The van der Waals surface area contributed by atoms with Crippen molar-refractivity contribution < 1.29 is 56.8 Å². The van der Waals surface area contributed by atoms with Gasteiger partial charge in [-0.3, -0.25) is 14.1 Å². The summed E-state index contributed by atoms with van der Waals surface area (Å²) in [5, 5.41) is 30.9. The first-order chi connectivity index (χ1) is 29.0. The maximum absolute atomic E-state index is 12.8. The van der Waals surface area contributed by atoms with Crippen LogP contribution >= 0.6 is 0 Å². The van der Waals surface area contributed by atoms with Gasteiger partial charge in [0.25, 0.3) is 10.1 Å². The summed E-state index contributed by atoms with van der Waals surface area (Å²) >= 11 is 0. The minimum absolute atomic E-state index is 0.131. The van der Waals surface area contributed by atoms with Crippen LogP contribution in [0.25, 0.3) is 0 Å². The van der Waals surface area contributed by atoms with Gasteiger partial charge in [0.2, 0.25) is 0 Å². The first-order valence-corrected chi connectivity index (χ1v) is 24.1. The highest BCUT2D eigenvalue weighted by molar-refractivity contribution is 7.85. The Balaban J connectivity index is 2.49. The highest BCUT2D eigenvalue weighted by Gasteiger charge is 2.46. The standard InChI is InChI=1S/C47H78O12S/c1-3-5-7-9-11-13-15-17-19-20-22-24-26-28-30-32-34-36-43(49)58-40(38-57-47-46(52)45(51)44(50)41(59-47)39-60(53,54)55)37-56-42(48)35-33-31-29-27-25-23-21-18-16-14-12-10-8-6-4-2/h6,8,11-14,17-19,21-22,24,40-41,44-47,50-52H,3-5,7,9-10,15-16,20,23,25-39H2,1-2H3,(H,53,54,55)/b8-6+,13-11+,14-12+,19-17+,21-18+,24-22+/t40-,41-,44-,45?,46?,47+/m1/s1. The Kier molecular flexibility index (Phi) is 33.7. The minimum Gasteiger partial charge on any atom is -0.462 e. The molecule has 0 saturated carbocycles. The number of hydrogen-bond donors (Lipinski definition) is 4. The Morgan fingerprint density at radius 3 is 1.57 bits per heavy atom. The van der Waals surface area contributed by atoms with Gasteiger partial charge < -0.3 is 34.3 Å². The van der Waals surface area contributed by atoms with Crippen LogP contribution in [0.4, 0.5) is 0 Å². The van der Waals surface area contributed by atoms with Crippen molar-refractivity contribution in [1.82, 2.24) is 0 Å². The van der Waals surface area contributed by atoms with Gasteiger partial charge in [0.1, 0.15) is 36.8 Å². The highest BCUT2D eigenvalue weighted by atomic mass is 32.2. The zero-order chi connectivity index (χ0) is 44.1. The molecule has 0 spiro atoms. The maximum atomic E-state index is 12.8. The van der Waals surface area contributed by atoms with E-state index in [2.05, 4.69) is 86.8 Å². The van der Waals surface area contributed by atoms with Crippen LogP contribution in [0.15, 0.2) is 72.9 Å². The van der Waals surface area contributed by atoms with Gasteiger partial charge in [-0.25, -0.2) is 0 Å². The number of aliphatic hydroxyl groups excluding tert-OH is 3. The first kappa shape index (κ1) is 55.1. The van der Waals surface area contributed by atoms with E-state index in [-0.39, 0.29) is 19.4 Å². The van der Waals surface area contributed by atoms with Gasteiger partial charge in [-0.05, 0) is 83.5 Å². The molecule has 0 bridgehead atoms. The second-order valence-electron chi connectivity index (χ2n) is 15.3. The van der Waals surface area contributed by atoms with Gasteiger partial charge in [-0.1, -0.05) is 132 Å². The zero-order valence-corrected chi connectivity index (χ0v) is 37.3. The monoisotopic (exact) mass is 867 g/mol. The lowest BCUT2D eigenvalue weighted by Gasteiger charge is -2.40. The molecule has 2 unspecified atom stereocenters. The van der Waals surface area contributed by atoms with Crippen LogP contribution in [0.2, 0.25) is 0 Å². The summed E-state index contributed by atoms with van der Waals surface area (Å²) in [6, 6.07) is 0. The fourth-order valence-electron chi connectivity index (χ4n) is 6.28. The van der Waals surface area contributed by atoms with Crippen LogP contribution in [-0.4, -0.2) is 96.0 Å². The number of carbonyl (C=O) groups is 2. The summed E-state index contributed by atoms with van der Waals surface area (Å²) in [6.45, 7) is 3.57. The van der Waals surface area contributed by atoms with E-state index in [4.69, 9.17) is 18.9 Å². The molecule has 6 atom stereocenters. The average Bonchev–Trinajstić information content (AvgIpc) is 3.21. The van der Waals surface area contributed by atoms with Crippen molar-refractivity contribution >= 4 is 22.1 Å². The molecule has 0 radical (unpaired) electrons. The van der Waals surface area contributed by atoms with E-state index >= 15 is 0 Å². The Bertz CT molecular complexity index is 1390. The van der Waals surface area contributed by atoms with Crippen molar-refractivity contribution in [1.29, 1.82) is 0 Å². The number of hydrogen-bond acceptors (Lipinski definition) is 11. The number of aliphatic hydroxyl groups is 3. The largest absolute Gasteiger partial charge is 0.462 e. The Hall–Kier alpha value is -2.91. The molecule has 1 heterocycles. The van der Waals surface area contributed by atoms with Crippen molar-refractivity contribution in [3.63, 3.8) is 0 Å². The molecule has 0 amide bonds. The van der Waals surface area contributed by atoms with E-state index in [0.29, 0.717) is 12.8 Å². The molecule has 1 rings (SSSR count). The van der Waals surface area contributed by atoms with E-state index in [1.54, 1.807) is 0 Å². The molecule has 1 aliphatic rings. The zero-order valence-electron chi connectivity index (χ0n) is 36.5. The Morgan fingerprint density at radius 1 is 0.583 bits per heavy atom. The fourth-order valence-corrected chi connectivity index (χ4v) is 6.98. The molecular weight excluding hydrogens is 789 g/mol. The fraction of sp³-hybridized carbons (Fsp3) is 0.702. The predicted octanol–water partition coefficient (Wildman–Crippen LogP) is 9.11. The number of allylic oxidation sites excluding steroid dienone is 12. The van der Waals surface area contributed by atoms with Crippen LogP contribution in [-0.2, 0) is 38.7 Å². The van der Waals surface area contributed by atoms with Gasteiger partial charge >= 0.3 is 11.9 Å². The summed E-state index contributed by atoms with van der Waals surface area (Å²) in [4.78, 5) is 25.4. The van der Waals surface area contributed by atoms with Gasteiger partial charge in [0.05, 0.1) is 6.61 Å². The van der Waals surface area contributed by atoms with Crippen molar-refractivity contribution in [2.75, 3.05) is 19.0 Å². The summed E-state index contributed by atoms with van der Waals surface area (Å²) in [5.74, 6) is -2.04. The van der Waals surface area contributed by atoms with Crippen LogP contribution in [0.1, 0.15) is 155 Å². The topological polar surface area (TPSA) is 186 Å². The third-order valence-electron chi connectivity index (χ3n) is 9.77. The molecule has 344 valence electrons. The number of unbranched alkanes of at least 4 members (excludes halogenated alkanes) is 12. The molecule has 1 fully saturated rings. The van der Waals surface area contributed by atoms with Crippen LogP contribution < -0.4 is 0 Å². The number of ether oxygens (including phenoxy) is 4. The Labute approximate surface area is 361 Å². The van der Waals surface area contributed by atoms with E-state index in [9.17, 15) is 37.9 Å². The first-order valence-electron chi connectivity index (χ1n) is 22.5. The summed E-state index contributed by atoms with van der Waals surface area (Å²) in [6.07, 6.45) is 36.5. The van der Waals surface area contributed by atoms with Crippen molar-refractivity contribution in [2.24, 2.45) is 0 Å². The lowest BCUT2D eigenvalue weighted by Crippen LogP contribution is -2.60. The van der Waals surface area contributed by atoms with Gasteiger partial charge in [-0.15, -0.1) is 0 Å². The predicted molar refractivity (Wildman–Crippen MR) is 238 cm³/mol. The molecule has 0 aliphatic carbocycles. The van der Waals surface area contributed by atoms with Crippen molar-refractivity contribution in [3.8, 4) is 0 Å². The van der Waals surface area contributed by atoms with E-state index in [1.807, 2.05) is 0 Å². The second kappa shape index (κ2) is 36.7. The SMILES string of the molecule is CC/C=C/C/C=C/C/C=C/CCCCCCCC(=O)OC[C@H](CO[C@H]1O[C@H](CS(=O)(=O)O)[C@@H](O)C(O)C1O)OC(=O)CCCCCC/C=C/C/C=C/C/C=C/CCCCC. The van der Waals surface area contributed by atoms with Crippen molar-refractivity contribution in [3.05, 3.63) is 72.9 Å². The smallest absolute Gasteiger partial charge is 0.306 e. The van der Waals surface area contributed by atoms with Crippen LogP contribution in [0.5, 0.6) is 0 Å². The number of carbonyl (C=O) groups excluding carboxylic acids is 2. The van der Waals surface area contributed by atoms with Crippen LogP contribution in [0, 0.1) is 0 Å². The average molecular weight is 867 g/mol. The molecule has 1 saturated heterocycles. The second-order valence-corrected chi connectivity index (χ2v) is 16.8. The highest BCUT2D eigenvalue weighted by Crippen LogP contribution is 2.24. The minimum atomic E-state index is -4.61. The van der Waals surface area contributed by atoms with Crippen molar-refractivity contribution in [2.45, 2.75) is 192 Å². The molecule has 1 aliphatic heterocycles. The number of rotatable bonds is 36. The third-order valence-corrected chi connectivity index (χ3v) is 10.5. The summed E-state index contributed by atoms with van der Waals surface area (Å²) in [5.41, 5.74) is 0. The molecule has 0 aromatic carbocycles. The van der Waals surface area contributed by atoms with E-state index in [1.165, 1.54) is 19.3 Å². The van der Waals surface area contributed by atoms with Crippen LogP contribution in [0.3, 0.4) is 0 Å².